The first kappa shape index (κ1) is 19.3. The molecule has 0 unspecified atom stereocenters. The maximum absolute atomic E-state index is 12.9. The summed E-state index contributed by atoms with van der Waals surface area (Å²) in [6.07, 6.45) is -4.44. The van der Waals surface area contributed by atoms with Crippen molar-refractivity contribution < 1.29 is 18.0 Å². The van der Waals surface area contributed by atoms with Gasteiger partial charge in [-0.3, -0.25) is 4.79 Å². The number of aryl methyl sites for hydroxylation is 1. The second-order valence-electron chi connectivity index (χ2n) is 6.06. The molecule has 0 aliphatic carbocycles. The Morgan fingerprint density at radius 2 is 1.75 bits per heavy atom. The summed E-state index contributed by atoms with van der Waals surface area (Å²) in [5.74, 6) is 0.153. The highest BCUT2D eigenvalue weighted by atomic mass is 19.4. The summed E-state index contributed by atoms with van der Waals surface area (Å²) in [4.78, 5) is 20.6. The number of alkyl halides is 3. The predicted octanol–water partition coefficient (Wildman–Crippen LogP) is 4.48. The van der Waals surface area contributed by atoms with Gasteiger partial charge in [0.25, 0.3) is 5.91 Å². The molecule has 28 heavy (non-hydrogen) atoms. The van der Waals surface area contributed by atoms with Crippen LogP contribution in [0.3, 0.4) is 0 Å². The van der Waals surface area contributed by atoms with E-state index >= 15 is 0 Å². The van der Waals surface area contributed by atoms with E-state index < -0.39 is 17.6 Å². The Morgan fingerprint density at radius 3 is 2.46 bits per heavy atom. The Balaban J connectivity index is 1.75. The monoisotopic (exact) mass is 386 g/mol. The van der Waals surface area contributed by atoms with E-state index in [0.29, 0.717) is 12.4 Å². The zero-order chi connectivity index (χ0) is 20.1. The quantitative estimate of drug-likeness (QED) is 0.679. The van der Waals surface area contributed by atoms with Gasteiger partial charge in [-0.05, 0) is 30.7 Å². The molecule has 0 aliphatic heterocycles. The van der Waals surface area contributed by atoms with E-state index in [1.165, 1.54) is 18.2 Å². The molecule has 0 saturated heterocycles. The SMILES string of the molecule is Cc1nc(Nc2cccc(C(F)(F)F)c2)cc(C(=O)NCc2ccccc2)n1. The van der Waals surface area contributed by atoms with Crippen LogP contribution >= 0.6 is 0 Å². The molecule has 0 atom stereocenters. The number of hydrogen-bond donors (Lipinski definition) is 2. The maximum Gasteiger partial charge on any atom is 0.416 e. The number of carbonyl (C=O) groups is 1. The average Bonchev–Trinajstić information content (AvgIpc) is 2.66. The number of hydrogen-bond acceptors (Lipinski definition) is 4. The van der Waals surface area contributed by atoms with Gasteiger partial charge in [-0.1, -0.05) is 36.4 Å². The molecule has 0 saturated carbocycles. The van der Waals surface area contributed by atoms with Crippen molar-refractivity contribution >= 4 is 17.4 Å². The molecular formula is C20H17F3N4O. The molecule has 2 N–H and O–H groups in total. The summed E-state index contributed by atoms with van der Waals surface area (Å²) >= 11 is 0. The van der Waals surface area contributed by atoms with Gasteiger partial charge >= 0.3 is 6.18 Å². The molecule has 1 aromatic heterocycles. The molecule has 3 rings (SSSR count). The predicted molar refractivity (Wildman–Crippen MR) is 99.1 cm³/mol. The average molecular weight is 386 g/mol. The number of aromatic nitrogens is 2. The molecule has 3 aromatic rings. The minimum atomic E-state index is -4.44. The summed E-state index contributed by atoms with van der Waals surface area (Å²) in [5, 5.41) is 5.55. The smallest absolute Gasteiger partial charge is 0.347 e. The van der Waals surface area contributed by atoms with Crippen LogP contribution in [0.2, 0.25) is 0 Å². The number of benzene rings is 2. The summed E-state index contributed by atoms with van der Waals surface area (Å²) in [6.45, 7) is 1.93. The lowest BCUT2D eigenvalue weighted by atomic mass is 10.2. The summed E-state index contributed by atoms with van der Waals surface area (Å²) in [7, 11) is 0. The van der Waals surface area contributed by atoms with Gasteiger partial charge in [-0.2, -0.15) is 13.2 Å². The molecule has 0 bridgehead atoms. The summed E-state index contributed by atoms with van der Waals surface area (Å²) in [5.41, 5.74) is 0.495. The highest BCUT2D eigenvalue weighted by Crippen LogP contribution is 2.31. The number of carbonyl (C=O) groups excluding carboxylic acids is 1. The first-order valence-corrected chi connectivity index (χ1v) is 8.43. The van der Waals surface area contributed by atoms with E-state index in [1.54, 1.807) is 6.92 Å². The van der Waals surface area contributed by atoms with Gasteiger partial charge in [0.15, 0.2) is 0 Å². The van der Waals surface area contributed by atoms with Crippen LogP contribution in [0.4, 0.5) is 24.7 Å². The first-order valence-electron chi connectivity index (χ1n) is 8.43. The summed E-state index contributed by atoms with van der Waals surface area (Å²) < 4.78 is 38.6. The van der Waals surface area contributed by atoms with Crippen LogP contribution in [0, 0.1) is 6.92 Å². The Morgan fingerprint density at radius 1 is 1.00 bits per heavy atom. The lowest BCUT2D eigenvalue weighted by Gasteiger charge is -2.11. The fourth-order valence-electron chi connectivity index (χ4n) is 2.54. The standard InChI is InChI=1S/C20H17F3N4O/c1-13-25-17(19(28)24-12-14-6-3-2-4-7-14)11-18(26-13)27-16-9-5-8-15(10-16)20(21,22)23/h2-11H,12H2,1H3,(H,24,28)(H,25,26,27). The van der Waals surface area contributed by atoms with E-state index in [4.69, 9.17) is 0 Å². The molecule has 1 amide bonds. The zero-order valence-corrected chi connectivity index (χ0v) is 14.9. The first-order chi connectivity index (χ1) is 13.3. The second kappa shape index (κ2) is 8.08. The van der Waals surface area contributed by atoms with Gasteiger partial charge in [0.2, 0.25) is 0 Å². The van der Waals surface area contributed by atoms with Crippen molar-refractivity contribution in [3.05, 3.63) is 83.3 Å². The molecule has 8 heteroatoms. The highest BCUT2D eigenvalue weighted by molar-refractivity contribution is 5.93. The molecule has 0 spiro atoms. The van der Waals surface area contributed by atoms with Gasteiger partial charge in [0, 0.05) is 18.3 Å². The van der Waals surface area contributed by atoms with E-state index in [1.807, 2.05) is 30.3 Å². The number of nitrogens with zero attached hydrogens (tertiary/aromatic N) is 2. The van der Waals surface area contributed by atoms with E-state index in [-0.39, 0.29) is 17.2 Å². The lowest BCUT2D eigenvalue weighted by molar-refractivity contribution is -0.137. The number of anilines is 2. The van der Waals surface area contributed by atoms with Crippen LogP contribution in [-0.4, -0.2) is 15.9 Å². The molecule has 5 nitrogen and oxygen atoms in total. The minimum Gasteiger partial charge on any atom is -0.347 e. The van der Waals surface area contributed by atoms with Crippen LogP contribution < -0.4 is 10.6 Å². The topological polar surface area (TPSA) is 66.9 Å². The van der Waals surface area contributed by atoms with Crippen molar-refractivity contribution in [2.45, 2.75) is 19.6 Å². The van der Waals surface area contributed by atoms with Crippen molar-refractivity contribution in [1.29, 1.82) is 0 Å². The van der Waals surface area contributed by atoms with Crippen molar-refractivity contribution in [1.82, 2.24) is 15.3 Å². The van der Waals surface area contributed by atoms with Crippen molar-refractivity contribution in [2.75, 3.05) is 5.32 Å². The maximum atomic E-state index is 12.9. The van der Waals surface area contributed by atoms with Gasteiger partial charge in [0.1, 0.15) is 17.3 Å². The Labute approximate surface area is 159 Å². The van der Waals surface area contributed by atoms with Crippen molar-refractivity contribution in [2.24, 2.45) is 0 Å². The van der Waals surface area contributed by atoms with Crippen LogP contribution in [0.25, 0.3) is 0 Å². The molecule has 144 valence electrons. The van der Waals surface area contributed by atoms with Crippen LogP contribution in [0.15, 0.2) is 60.7 Å². The normalized spacial score (nSPS) is 11.1. The molecule has 1 heterocycles. The van der Waals surface area contributed by atoms with E-state index in [9.17, 15) is 18.0 Å². The largest absolute Gasteiger partial charge is 0.416 e. The van der Waals surface area contributed by atoms with Crippen LogP contribution in [-0.2, 0) is 12.7 Å². The third-order valence-electron chi connectivity index (χ3n) is 3.83. The zero-order valence-electron chi connectivity index (χ0n) is 14.9. The Kier molecular flexibility index (Phi) is 5.58. The van der Waals surface area contributed by atoms with Crippen LogP contribution in [0.5, 0.6) is 0 Å². The van der Waals surface area contributed by atoms with Gasteiger partial charge in [-0.15, -0.1) is 0 Å². The number of rotatable bonds is 5. The molecule has 2 aromatic carbocycles. The minimum absolute atomic E-state index is 0.123. The molecular weight excluding hydrogens is 369 g/mol. The number of halogens is 3. The van der Waals surface area contributed by atoms with E-state index in [0.717, 1.165) is 17.7 Å². The number of nitrogens with one attached hydrogen (secondary N) is 2. The molecule has 0 radical (unpaired) electrons. The second-order valence-corrected chi connectivity index (χ2v) is 6.06. The van der Waals surface area contributed by atoms with Crippen molar-refractivity contribution in [3.63, 3.8) is 0 Å². The fourth-order valence-corrected chi connectivity index (χ4v) is 2.54. The van der Waals surface area contributed by atoms with Gasteiger partial charge in [-0.25, -0.2) is 9.97 Å². The van der Waals surface area contributed by atoms with Crippen molar-refractivity contribution in [3.8, 4) is 0 Å². The summed E-state index contributed by atoms with van der Waals surface area (Å²) in [6, 6.07) is 15.5. The third-order valence-corrected chi connectivity index (χ3v) is 3.83. The lowest BCUT2D eigenvalue weighted by Crippen LogP contribution is -2.24. The fraction of sp³-hybridized carbons (Fsp3) is 0.150. The number of amides is 1. The Bertz CT molecular complexity index is 975. The molecule has 0 fully saturated rings. The molecule has 0 aliphatic rings. The third kappa shape index (κ3) is 5.06. The van der Waals surface area contributed by atoms with Crippen LogP contribution in [0.1, 0.15) is 27.4 Å². The van der Waals surface area contributed by atoms with Gasteiger partial charge in [0.05, 0.1) is 5.56 Å². The highest BCUT2D eigenvalue weighted by Gasteiger charge is 2.30. The van der Waals surface area contributed by atoms with E-state index in [2.05, 4.69) is 20.6 Å². The Hall–Kier alpha value is -3.42. The van der Waals surface area contributed by atoms with Gasteiger partial charge < -0.3 is 10.6 Å².